The van der Waals surface area contributed by atoms with Crippen LogP contribution in [0.5, 0.6) is 0 Å². The standard InChI is InChI=1S/C36H35F2N3O3/c1-3-24-8-7-9-25(16-24)21-39-22-33(42)32(19-26-17-30(37)20-31(38)18-26)40-35(43)28-12-14-29(15-13-28)36-41-34(23(2)44-36)27-10-5-4-6-11-27/h4-18,20,32-33,39,42H,3,19,21-22H2,1-2H3,(H,40,43)/t32-,33-/m0/s1. The number of aliphatic hydroxyl groups is 1. The summed E-state index contributed by atoms with van der Waals surface area (Å²) in [6.45, 7) is 4.62. The molecule has 5 aromatic rings. The number of carbonyl (C=O) groups is 1. The lowest BCUT2D eigenvalue weighted by Gasteiger charge is -2.25. The molecule has 0 radical (unpaired) electrons. The lowest BCUT2D eigenvalue weighted by Crippen LogP contribution is -2.48. The number of benzene rings is 4. The second kappa shape index (κ2) is 14.2. The van der Waals surface area contributed by atoms with E-state index in [-0.39, 0.29) is 13.0 Å². The molecular weight excluding hydrogens is 560 g/mol. The topological polar surface area (TPSA) is 87.4 Å². The van der Waals surface area contributed by atoms with E-state index in [1.807, 2.05) is 49.4 Å². The first-order valence-electron chi connectivity index (χ1n) is 14.6. The highest BCUT2D eigenvalue weighted by molar-refractivity contribution is 5.94. The van der Waals surface area contributed by atoms with Crippen molar-refractivity contribution in [3.05, 3.63) is 137 Å². The molecule has 5 rings (SSSR count). The zero-order chi connectivity index (χ0) is 31.1. The van der Waals surface area contributed by atoms with Gasteiger partial charge in [-0.15, -0.1) is 0 Å². The van der Waals surface area contributed by atoms with Crippen LogP contribution in [0.3, 0.4) is 0 Å². The Hall–Kier alpha value is -4.66. The Morgan fingerprint density at radius 2 is 1.57 bits per heavy atom. The fraction of sp³-hybridized carbons (Fsp3) is 0.222. The van der Waals surface area contributed by atoms with Gasteiger partial charge in [0.05, 0.1) is 12.1 Å². The minimum atomic E-state index is -1.04. The predicted octanol–water partition coefficient (Wildman–Crippen LogP) is 6.65. The van der Waals surface area contributed by atoms with Crippen molar-refractivity contribution in [3.8, 4) is 22.7 Å². The number of aryl methyl sites for hydroxylation is 2. The second-order valence-electron chi connectivity index (χ2n) is 10.8. The van der Waals surface area contributed by atoms with Crippen molar-refractivity contribution in [2.75, 3.05) is 6.54 Å². The Morgan fingerprint density at radius 1 is 0.864 bits per heavy atom. The van der Waals surface area contributed by atoms with Crippen molar-refractivity contribution in [1.29, 1.82) is 0 Å². The van der Waals surface area contributed by atoms with E-state index in [1.165, 1.54) is 17.7 Å². The summed E-state index contributed by atoms with van der Waals surface area (Å²) in [6.07, 6.45) is -0.0854. The highest BCUT2D eigenvalue weighted by Gasteiger charge is 2.23. The Balaban J connectivity index is 1.29. The fourth-order valence-electron chi connectivity index (χ4n) is 5.13. The average Bonchev–Trinajstić information content (AvgIpc) is 3.42. The molecule has 0 saturated carbocycles. The molecule has 1 heterocycles. The quantitative estimate of drug-likeness (QED) is 0.150. The molecule has 0 fully saturated rings. The summed E-state index contributed by atoms with van der Waals surface area (Å²) in [5.41, 5.74) is 5.36. The van der Waals surface area contributed by atoms with Gasteiger partial charge < -0.3 is 20.2 Å². The van der Waals surface area contributed by atoms with Gasteiger partial charge >= 0.3 is 0 Å². The van der Waals surface area contributed by atoms with E-state index < -0.39 is 29.7 Å². The third kappa shape index (κ3) is 7.83. The Morgan fingerprint density at radius 3 is 2.27 bits per heavy atom. The predicted molar refractivity (Wildman–Crippen MR) is 167 cm³/mol. The van der Waals surface area contributed by atoms with Gasteiger partial charge in [-0.3, -0.25) is 4.79 Å². The van der Waals surface area contributed by atoms with E-state index in [4.69, 9.17) is 4.42 Å². The summed E-state index contributed by atoms with van der Waals surface area (Å²) in [6, 6.07) is 27.0. The second-order valence-corrected chi connectivity index (χ2v) is 10.8. The van der Waals surface area contributed by atoms with E-state index in [0.717, 1.165) is 29.3 Å². The molecule has 8 heteroatoms. The van der Waals surface area contributed by atoms with Gasteiger partial charge in [-0.25, -0.2) is 13.8 Å². The Bertz CT molecular complexity index is 1680. The maximum atomic E-state index is 13.9. The minimum Gasteiger partial charge on any atom is -0.441 e. The van der Waals surface area contributed by atoms with Crippen LogP contribution >= 0.6 is 0 Å². The largest absolute Gasteiger partial charge is 0.441 e. The Labute approximate surface area is 255 Å². The number of aliphatic hydroxyl groups excluding tert-OH is 1. The summed E-state index contributed by atoms with van der Waals surface area (Å²) in [5, 5.41) is 17.2. The third-order valence-corrected chi connectivity index (χ3v) is 7.48. The monoisotopic (exact) mass is 595 g/mol. The number of nitrogens with zero attached hydrogens (tertiary/aromatic N) is 1. The van der Waals surface area contributed by atoms with Crippen LogP contribution in [0.4, 0.5) is 8.78 Å². The van der Waals surface area contributed by atoms with E-state index in [0.29, 0.717) is 34.9 Å². The fourth-order valence-corrected chi connectivity index (χ4v) is 5.13. The Kier molecular flexibility index (Phi) is 9.94. The molecule has 1 amide bonds. The minimum absolute atomic E-state index is 0.0323. The molecule has 226 valence electrons. The van der Waals surface area contributed by atoms with Gasteiger partial charge in [-0.05, 0) is 72.9 Å². The van der Waals surface area contributed by atoms with Crippen molar-refractivity contribution < 1.29 is 23.1 Å². The van der Waals surface area contributed by atoms with Crippen molar-refractivity contribution >= 4 is 5.91 Å². The van der Waals surface area contributed by atoms with Crippen LogP contribution in [-0.2, 0) is 19.4 Å². The molecule has 0 saturated heterocycles. The molecule has 1 aromatic heterocycles. The van der Waals surface area contributed by atoms with Gasteiger partial charge in [-0.1, -0.05) is 61.5 Å². The summed E-state index contributed by atoms with van der Waals surface area (Å²) in [5.74, 6) is -0.750. The normalized spacial score (nSPS) is 12.6. The molecule has 0 spiro atoms. The first-order chi connectivity index (χ1) is 21.3. The molecule has 0 unspecified atom stereocenters. The van der Waals surface area contributed by atoms with E-state index >= 15 is 0 Å². The van der Waals surface area contributed by atoms with Gasteiger partial charge in [0.2, 0.25) is 5.89 Å². The summed E-state index contributed by atoms with van der Waals surface area (Å²) < 4.78 is 33.8. The number of carbonyl (C=O) groups excluding carboxylic acids is 1. The molecule has 3 N–H and O–H groups in total. The molecule has 6 nitrogen and oxygen atoms in total. The summed E-state index contributed by atoms with van der Waals surface area (Å²) >= 11 is 0. The third-order valence-electron chi connectivity index (χ3n) is 7.48. The van der Waals surface area contributed by atoms with Crippen molar-refractivity contribution in [1.82, 2.24) is 15.6 Å². The average molecular weight is 596 g/mol. The summed E-state index contributed by atoms with van der Waals surface area (Å²) in [4.78, 5) is 18.0. The number of hydrogen-bond donors (Lipinski definition) is 3. The van der Waals surface area contributed by atoms with Crippen molar-refractivity contribution in [2.45, 2.75) is 45.4 Å². The number of amides is 1. The van der Waals surface area contributed by atoms with Crippen LogP contribution in [0.15, 0.2) is 101 Å². The zero-order valence-electron chi connectivity index (χ0n) is 24.7. The maximum absolute atomic E-state index is 13.9. The molecular formula is C36H35F2N3O3. The lowest BCUT2D eigenvalue weighted by molar-refractivity contribution is 0.0830. The molecule has 0 aliphatic carbocycles. The molecule has 4 aromatic carbocycles. The first kappa shape index (κ1) is 30.8. The maximum Gasteiger partial charge on any atom is 0.251 e. The highest BCUT2D eigenvalue weighted by atomic mass is 19.1. The lowest BCUT2D eigenvalue weighted by atomic mass is 9.99. The number of hydrogen-bond acceptors (Lipinski definition) is 5. The number of halogens is 2. The van der Waals surface area contributed by atoms with Gasteiger partial charge in [-0.2, -0.15) is 0 Å². The molecule has 0 bridgehead atoms. The molecule has 0 aliphatic rings. The number of aromatic nitrogens is 1. The van der Waals surface area contributed by atoms with Crippen LogP contribution in [-0.4, -0.2) is 34.7 Å². The van der Waals surface area contributed by atoms with E-state index in [1.54, 1.807) is 24.3 Å². The van der Waals surface area contributed by atoms with E-state index in [9.17, 15) is 18.7 Å². The van der Waals surface area contributed by atoms with Crippen LogP contribution in [0.2, 0.25) is 0 Å². The molecule has 0 aliphatic heterocycles. The SMILES string of the molecule is CCc1cccc(CNC[C@H](O)[C@H](Cc2cc(F)cc(F)c2)NC(=O)c2ccc(-c3nc(-c4ccccc4)c(C)o3)cc2)c1. The van der Waals surface area contributed by atoms with Crippen molar-refractivity contribution in [2.24, 2.45) is 0 Å². The van der Waals surface area contributed by atoms with Gasteiger partial charge in [0, 0.05) is 35.8 Å². The van der Waals surface area contributed by atoms with E-state index in [2.05, 4.69) is 34.7 Å². The van der Waals surface area contributed by atoms with Gasteiger partial charge in [0.25, 0.3) is 5.91 Å². The molecule has 2 atom stereocenters. The number of nitrogens with one attached hydrogen (secondary N) is 2. The van der Waals surface area contributed by atoms with Crippen LogP contribution in [0.1, 0.15) is 39.7 Å². The van der Waals surface area contributed by atoms with Crippen LogP contribution in [0, 0.1) is 18.6 Å². The number of rotatable bonds is 12. The highest BCUT2D eigenvalue weighted by Crippen LogP contribution is 2.28. The molecule has 44 heavy (non-hydrogen) atoms. The smallest absolute Gasteiger partial charge is 0.251 e. The van der Waals surface area contributed by atoms with Crippen LogP contribution in [0.25, 0.3) is 22.7 Å². The zero-order valence-corrected chi connectivity index (χ0v) is 24.7. The van der Waals surface area contributed by atoms with Crippen LogP contribution < -0.4 is 10.6 Å². The summed E-state index contributed by atoms with van der Waals surface area (Å²) in [7, 11) is 0. The number of oxazole rings is 1. The van der Waals surface area contributed by atoms with Gasteiger partial charge in [0.1, 0.15) is 23.1 Å². The van der Waals surface area contributed by atoms with Gasteiger partial charge in [0.15, 0.2) is 0 Å². The first-order valence-corrected chi connectivity index (χ1v) is 14.6. The van der Waals surface area contributed by atoms with Crippen molar-refractivity contribution in [3.63, 3.8) is 0 Å².